The first-order valence-corrected chi connectivity index (χ1v) is 11.3. The molecule has 5 heteroatoms. The maximum absolute atomic E-state index is 11.1. The average Bonchev–Trinajstić information content (AvgIpc) is 3.22. The summed E-state index contributed by atoms with van der Waals surface area (Å²) in [4.78, 5) is 11.1. The molecule has 0 spiro atoms. The second-order valence-electron chi connectivity index (χ2n) is 9.10. The number of hydrogen-bond donors (Lipinski definition) is 1. The maximum atomic E-state index is 11.1. The molecule has 5 nitrogen and oxygen atoms in total. The van der Waals surface area contributed by atoms with Crippen LogP contribution in [0.3, 0.4) is 0 Å². The molecule has 0 saturated heterocycles. The van der Waals surface area contributed by atoms with Gasteiger partial charge in [0.2, 0.25) is 0 Å². The van der Waals surface area contributed by atoms with Gasteiger partial charge in [-0.2, -0.15) is 5.10 Å². The van der Waals surface area contributed by atoms with Crippen molar-refractivity contribution >= 4 is 5.97 Å². The Hall–Kier alpha value is -3.08. The Bertz CT molecular complexity index is 1010. The number of carboxylic acid groups (broad SMARTS) is 1. The van der Waals surface area contributed by atoms with Gasteiger partial charge in [-0.05, 0) is 61.4 Å². The highest BCUT2D eigenvalue weighted by Gasteiger charge is 2.17. The monoisotopic (exact) mass is 434 g/mol. The van der Waals surface area contributed by atoms with Gasteiger partial charge in [-0.25, -0.2) is 0 Å². The van der Waals surface area contributed by atoms with Gasteiger partial charge in [0, 0.05) is 24.7 Å². The molecule has 0 radical (unpaired) electrons. The molecule has 3 rings (SSSR count). The summed E-state index contributed by atoms with van der Waals surface area (Å²) in [6, 6.07) is 14.7. The molecule has 0 saturated carbocycles. The van der Waals surface area contributed by atoms with Gasteiger partial charge in [-0.1, -0.05) is 55.3 Å². The molecular weight excluding hydrogens is 400 g/mol. The van der Waals surface area contributed by atoms with Gasteiger partial charge in [0.15, 0.2) is 0 Å². The molecule has 1 heterocycles. The normalized spacial score (nSPS) is 12.2. The van der Waals surface area contributed by atoms with E-state index in [2.05, 4.69) is 51.0 Å². The highest BCUT2D eigenvalue weighted by molar-refractivity contribution is 5.67. The number of benzene rings is 2. The topological polar surface area (TPSA) is 64.4 Å². The lowest BCUT2D eigenvalue weighted by molar-refractivity contribution is -0.136. The zero-order valence-corrected chi connectivity index (χ0v) is 19.5. The second kappa shape index (κ2) is 11.0. The smallest absolute Gasteiger partial charge is 0.303 e. The van der Waals surface area contributed by atoms with Gasteiger partial charge in [0.05, 0.1) is 13.2 Å². The Morgan fingerprint density at radius 3 is 2.50 bits per heavy atom. The number of carbonyl (C=O) groups is 1. The standard InChI is InChI=1S/C27H34N2O3/c1-19(2)12-25(24-14-20(3)13-21(4)15-24)18-32-26-16-22(17-29-11-5-10-28-29)6-7-23(26)8-9-27(30)31/h5-7,10-11,13-16,19,25H,8-9,12,17-18H2,1-4H3,(H,30,31). The molecule has 0 bridgehead atoms. The number of hydrogen-bond acceptors (Lipinski definition) is 3. The van der Waals surface area contributed by atoms with Crippen LogP contribution in [0.2, 0.25) is 0 Å². The van der Waals surface area contributed by atoms with Crippen LogP contribution in [0.1, 0.15) is 60.4 Å². The maximum Gasteiger partial charge on any atom is 0.303 e. The van der Waals surface area contributed by atoms with Crippen LogP contribution in [0.5, 0.6) is 5.75 Å². The molecule has 0 aliphatic heterocycles. The van der Waals surface area contributed by atoms with Gasteiger partial charge in [0.25, 0.3) is 0 Å². The van der Waals surface area contributed by atoms with Crippen molar-refractivity contribution in [2.75, 3.05) is 6.61 Å². The average molecular weight is 435 g/mol. The lowest BCUT2D eigenvalue weighted by atomic mass is 9.89. The first-order chi connectivity index (χ1) is 15.3. The summed E-state index contributed by atoms with van der Waals surface area (Å²) in [5, 5.41) is 13.4. The Morgan fingerprint density at radius 2 is 1.88 bits per heavy atom. The molecule has 32 heavy (non-hydrogen) atoms. The fraction of sp³-hybridized carbons (Fsp3) is 0.407. The van der Waals surface area contributed by atoms with Gasteiger partial charge in [0.1, 0.15) is 5.75 Å². The molecule has 0 amide bonds. The number of aliphatic carboxylic acids is 1. The van der Waals surface area contributed by atoms with Crippen LogP contribution in [0, 0.1) is 19.8 Å². The van der Waals surface area contributed by atoms with Gasteiger partial charge in [-0.15, -0.1) is 0 Å². The number of ether oxygens (including phenoxy) is 1. The SMILES string of the molecule is Cc1cc(C)cc(C(COc2cc(Cn3cccn3)ccc2CCC(=O)O)CC(C)C)c1. The third-order valence-electron chi connectivity index (χ3n) is 5.55. The van der Waals surface area contributed by atoms with Crippen LogP contribution in [-0.2, 0) is 17.8 Å². The Labute approximate surface area is 191 Å². The first-order valence-electron chi connectivity index (χ1n) is 11.3. The predicted molar refractivity (Wildman–Crippen MR) is 127 cm³/mol. The Kier molecular flexibility index (Phi) is 8.09. The van der Waals surface area contributed by atoms with Gasteiger partial charge >= 0.3 is 5.97 Å². The van der Waals surface area contributed by atoms with Crippen molar-refractivity contribution < 1.29 is 14.6 Å². The zero-order chi connectivity index (χ0) is 23.1. The molecule has 3 aromatic rings. The molecule has 2 aromatic carbocycles. The summed E-state index contributed by atoms with van der Waals surface area (Å²) in [5.74, 6) is 0.788. The molecule has 1 N–H and O–H groups in total. The molecular formula is C27H34N2O3. The van der Waals surface area contributed by atoms with Gasteiger partial charge < -0.3 is 9.84 Å². The second-order valence-corrected chi connectivity index (χ2v) is 9.10. The van der Waals surface area contributed by atoms with Crippen molar-refractivity contribution in [3.8, 4) is 5.75 Å². The lowest BCUT2D eigenvalue weighted by Gasteiger charge is -2.22. The molecule has 0 aliphatic carbocycles. The summed E-state index contributed by atoms with van der Waals surface area (Å²) in [6.07, 6.45) is 5.25. The van der Waals surface area contributed by atoms with Crippen LogP contribution in [-0.4, -0.2) is 27.5 Å². The van der Waals surface area contributed by atoms with E-state index in [1.807, 2.05) is 35.1 Å². The van der Waals surface area contributed by atoms with Crippen molar-refractivity contribution in [3.63, 3.8) is 0 Å². The van der Waals surface area contributed by atoms with E-state index in [9.17, 15) is 4.79 Å². The van der Waals surface area contributed by atoms with E-state index in [4.69, 9.17) is 9.84 Å². The number of aromatic nitrogens is 2. The minimum absolute atomic E-state index is 0.0847. The van der Waals surface area contributed by atoms with E-state index in [1.54, 1.807) is 6.20 Å². The minimum Gasteiger partial charge on any atom is -0.493 e. The van der Waals surface area contributed by atoms with Crippen molar-refractivity contribution in [3.05, 3.63) is 82.7 Å². The van der Waals surface area contributed by atoms with Crippen LogP contribution in [0.15, 0.2) is 54.9 Å². The van der Waals surface area contributed by atoms with E-state index in [0.717, 1.165) is 23.3 Å². The van der Waals surface area contributed by atoms with Crippen molar-refractivity contribution in [2.24, 2.45) is 5.92 Å². The lowest BCUT2D eigenvalue weighted by Crippen LogP contribution is -2.14. The molecule has 170 valence electrons. The van der Waals surface area contributed by atoms with E-state index in [-0.39, 0.29) is 12.3 Å². The molecule has 1 atom stereocenters. The summed E-state index contributed by atoms with van der Waals surface area (Å²) < 4.78 is 8.27. The molecule has 0 aliphatic rings. The fourth-order valence-corrected chi connectivity index (χ4v) is 4.17. The van der Waals surface area contributed by atoms with Crippen LogP contribution < -0.4 is 4.74 Å². The van der Waals surface area contributed by atoms with Gasteiger partial charge in [-0.3, -0.25) is 9.48 Å². The van der Waals surface area contributed by atoms with E-state index in [0.29, 0.717) is 25.5 Å². The number of aryl methyl sites for hydroxylation is 3. The highest BCUT2D eigenvalue weighted by Crippen LogP contribution is 2.29. The van der Waals surface area contributed by atoms with Crippen LogP contribution in [0.4, 0.5) is 0 Å². The third kappa shape index (κ3) is 6.98. The van der Waals surface area contributed by atoms with Crippen LogP contribution in [0.25, 0.3) is 0 Å². The Morgan fingerprint density at radius 1 is 1.12 bits per heavy atom. The highest BCUT2D eigenvalue weighted by atomic mass is 16.5. The number of nitrogens with zero attached hydrogens (tertiary/aromatic N) is 2. The largest absolute Gasteiger partial charge is 0.493 e. The summed E-state index contributed by atoms with van der Waals surface area (Å²) >= 11 is 0. The predicted octanol–water partition coefficient (Wildman–Crippen LogP) is 5.77. The summed E-state index contributed by atoms with van der Waals surface area (Å²) in [5.41, 5.74) is 5.83. The molecule has 1 aromatic heterocycles. The first kappa shape index (κ1) is 23.6. The zero-order valence-electron chi connectivity index (χ0n) is 19.5. The minimum atomic E-state index is -0.801. The van der Waals surface area contributed by atoms with E-state index in [1.165, 1.54) is 16.7 Å². The van der Waals surface area contributed by atoms with E-state index < -0.39 is 5.97 Å². The van der Waals surface area contributed by atoms with Crippen molar-refractivity contribution in [1.29, 1.82) is 0 Å². The molecule has 0 fully saturated rings. The van der Waals surface area contributed by atoms with Crippen molar-refractivity contribution in [1.82, 2.24) is 9.78 Å². The molecule has 1 unspecified atom stereocenters. The number of rotatable bonds is 11. The third-order valence-corrected chi connectivity index (χ3v) is 5.55. The number of carboxylic acids is 1. The fourth-order valence-electron chi connectivity index (χ4n) is 4.17. The summed E-state index contributed by atoms with van der Waals surface area (Å²) in [7, 11) is 0. The van der Waals surface area contributed by atoms with Crippen molar-refractivity contribution in [2.45, 2.75) is 59.4 Å². The van der Waals surface area contributed by atoms with Crippen LogP contribution >= 0.6 is 0 Å². The Balaban J connectivity index is 1.84. The quantitative estimate of drug-likeness (QED) is 0.416. The summed E-state index contributed by atoms with van der Waals surface area (Å²) in [6.45, 7) is 9.94. The van der Waals surface area contributed by atoms with E-state index >= 15 is 0 Å².